The van der Waals surface area contributed by atoms with Crippen molar-refractivity contribution in [2.24, 2.45) is 12.8 Å². The number of nitrogens with one attached hydrogen (secondary N) is 1. The molecule has 20 heavy (non-hydrogen) atoms. The zero-order chi connectivity index (χ0) is 14.9. The normalized spacial score (nSPS) is 11.9. The summed E-state index contributed by atoms with van der Waals surface area (Å²) in [5.74, 6) is -0.148. The molecule has 0 radical (unpaired) electrons. The molecule has 0 unspecified atom stereocenters. The van der Waals surface area contributed by atoms with E-state index in [1.165, 1.54) is 23.9 Å². The first-order chi connectivity index (χ1) is 9.32. The average molecular weight is 297 g/mol. The van der Waals surface area contributed by atoms with Gasteiger partial charge in [-0.2, -0.15) is 4.31 Å². The number of aromatic amines is 1. The van der Waals surface area contributed by atoms with Crippen molar-refractivity contribution in [1.82, 2.24) is 18.8 Å². The first kappa shape index (κ1) is 14.3. The van der Waals surface area contributed by atoms with E-state index >= 15 is 0 Å². The van der Waals surface area contributed by atoms with Gasteiger partial charge >= 0.3 is 0 Å². The number of hydrogen-bond donors (Lipinski definition) is 2. The number of nitrogens with two attached hydrogens (primary N) is 1. The number of carbonyl (C=O) groups excluding carboxylic acids is 1. The minimum Gasteiger partial charge on any atom is -0.364 e. The van der Waals surface area contributed by atoms with Crippen LogP contribution in [0, 0.1) is 0 Å². The maximum atomic E-state index is 12.4. The van der Waals surface area contributed by atoms with Crippen LogP contribution in [0.4, 0.5) is 0 Å². The molecule has 0 aliphatic heterocycles. The molecule has 108 valence electrons. The lowest BCUT2D eigenvalue weighted by Crippen LogP contribution is -2.26. The van der Waals surface area contributed by atoms with Crippen LogP contribution in [0.25, 0.3) is 0 Å². The van der Waals surface area contributed by atoms with E-state index in [1.807, 2.05) is 0 Å². The van der Waals surface area contributed by atoms with Crippen molar-refractivity contribution >= 4 is 15.9 Å². The second-order valence-corrected chi connectivity index (χ2v) is 6.38. The molecule has 0 aliphatic rings. The first-order valence-corrected chi connectivity index (χ1v) is 7.17. The molecule has 0 fully saturated rings. The number of primary amides is 1. The fourth-order valence-corrected chi connectivity index (χ4v) is 2.98. The maximum Gasteiger partial charge on any atom is 0.265 e. The minimum atomic E-state index is -3.71. The van der Waals surface area contributed by atoms with Crippen molar-refractivity contribution in [1.29, 1.82) is 0 Å². The van der Waals surface area contributed by atoms with E-state index in [0.29, 0.717) is 5.82 Å². The number of rotatable bonds is 5. The fourth-order valence-electron chi connectivity index (χ4n) is 1.78. The highest BCUT2D eigenvalue weighted by molar-refractivity contribution is 7.89. The second kappa shape index (κ2) is 5.10. The molecule has 1 amide bonds. The number of sulfonamides is 1. The quantitative estimate of drug-likeness (QED) is 0.786. The van der Waals surface area contributed by atoms with Crippen LogP contribution in [-0.2, 0) is 23.6 Å². The van der Waals surface area contributed by atoms with Gasteiger partial charge in [0.1, 0.15) is 16.4 Å². The van der Waals surface area contributed by atoms with Gasteiger partial charge in [-0.05, 0) is 6.07 Å². The van der Waals surface area contributed by atoms with Crippen LogP contribution in [0.1, 0.15) is 16.3 Å². The molecule has 0 aromatic carbocycles. The fraction of sp³-hybridized carbons (Fsp3) is 0.273. The van der Waals surface area contributed by atoms with Gasteiger partial charge in [0, 0.05) is 32.7 Å². The minimum absolute atomic E-state index is 0.0165. The van der Waals surface area contributed by atoms with Gasteiger partial charge in [-0.1, -0.05) is 0 Å². The van der Waals surface area contributed by atoms with Gasteiger partial charge in [-0.15, -0.1) is 0 Å². The van der Waals surface area contributed by atoms with Crippen LogP contribution in [0.5, 0.6) is 0 Å². The summed E-state index contributed by atoms with van der Waals surface area (Å²) in [6.07, 6.45) is 4.51. The predicted octanol–water partition coefficient (Wildman–Crippen LogP) is -0.332. The molecule has 0 spiro atoms. The van der Waals surface area contributed by atoms with Crippen molar-refractivity contribution in [2.45, 2.75) is 11.4 Å². The highest BCUT2D eigenvalue weighted by Gasteiger charge is 2.24. The lowest BCUT2D eigenvalue weighted by Gasteiger charge is -2.14. The van der Waals surface area contributed by atoms with Gasteiger partial charge in [0.05, 0.1) is 6.54 Å². The second-order valence-electron chi connectivity index (χ2n) is 4.33. The summed E-state index contributed by atoms with van der Waals surface area (Å²) in [6, 6.07) is 1.26. The Balaban J connectivity index is 2.30. The number of nitrogens with zero attached hydrogens (tertiary/aromatic N) is 3. The largest absolute Gasteiger partial charge is 0.364 e. The molecule has 0 saturated carbocycles. The van der Waals surface area contributed by atoms with Crippen LogP contribution >= 0.6 is 0 Å². The van der Waals surface area contributed by atoms with Gasteiger partial charge in [-0.3, -0.25) is 4.79 Å². The Morgan fingerprint density at radius 3 is 2.75 bits per heavy atom. The van der Waals surface area contributed by atoms with E-state index in [4.69, 9.17) is 5.73 Å². The van der Waals surface area contributed by atoms with E-state index in [-0.39, 0.29) is 17.1 Å². The molecule has 0 atom stereocenters. The number of imidazole rings is 1. The summed E-state index contributed by atoms with van der Waals surface area (Å²) in [5, 5.41) is 0. The summed E-state index contributed by atoms with van der Waals surface area (Å²) in [5.41, 5.74) is 5.31. The van der Waals surface area contributed by atoms with E-state index < -0.39 is 15.9 Å². The van der Waals surface area contributed by atoms with Gasteiger partial charge < -0.3 is 15.3 Å². The van der Waals surface area contributed by atoms with E-state index in [1.54, 1.807) is 19.4 Å². The molecular weight excluding hydrogens is 282 g/mol. The third kappa shape index (κ3) is 2.58. The van der Waals surface area contributed by atoms with E-state index in [2.05, 4.69) is 9.97 Å². The smallest absolute Gasteiger partial charge is 0.265 e. The van der Waals surface area contributed by atoms with Crippen LogP contribution in [0.3, 0.4) is 0 Å². The lowest BCUT2D eigenvalue weighted by atomic mass is 10.4. The van der Waals surface area contributed by atoms with E-state index in [9.17, 15) is 13.2 Å². The van der Waals surface area contributed by atoms with Gasteiger partial charge in [0.2, 0.25) is 10.0 Å². The van der Waals surface area contributed by atoms with Crippen molar-refractivity contribution < 1.29 is 13.2 Å². The SMILES string of the molecule is CN(Cc1ncc[nH]1)S(=O)(=O)c1cc(C(N)=O)n(C)c1. The number of hydrogen-bond acceptors (Lipinski definition) is 4. The summed E-state index contributed by atoms with van der Waals surface area (Å²) >= 11 is 0. The lowest BCUT2D eigenvalue weighted by molar-refractivity contribution is 0.0992. The topological polar surface area (TPSA) is 114 Å². The van der Waals surface area contributed by atoms with Crippen molar-refractivity contribution in [3.8, 4) is 0 Å². The zero-order valence-electron chi connectivity index (χ0n) is 11.1. The van der Waals surface area contributed by atoms with Crippen LogP contribution < -0.4 is 5.73 Å². The Hall–Kier alpha value is -2.13. The van der Waals surface area contributed by atoms with Gasteiger partial charge in [-0.25, -0.2) is 13.4 Å². The summed E-state index contributed by atoms with van der Waals surface area (Å²) in [7, 11) is -0.705. The Bertz CT molecular complexity index is 717. The molecule has 0 bridgehead atoms. The highest BCUT2D eigenvalue weighted by atomic mass is 32.2. The van der Waals surface area contributed by atoms with Crippen molar-refractivity contribution in [3.63, 3.8) is 0 Å². The van der Waals surface area contributed by atoms with Gasteiger partial charge in [0.15, 0.2) is 0 Å². The van der Waals surface area contributed by atoms with Crippen molar-refractivity contribution in [2.75, 3.05) is 7.05 Å². The molecule has 2 heterocycles. The molecule has 2 aromatic heterocycles. The monoisotopic (exact) mass is 297 g/mol. The van der Waals surface area contributed by atoms with Crippen molar-refractivity contribution in [3.05, 3.63) is 36.2 Å². The third-order valence-electron chi connectivity index (χ3n) is 2.87. The number of aryl methyl sites for hydroxylation is 1. The molecule has 3 N–H and O–H groups in total. The molecule has 2 rings (SSSR count). The molecule has 2 aromatic rings. The Labute approximate surface area is 116 Å². The predicted molar refractivity (Wildman–Crippen MR) is 71.2 cm³/mol. The number of amides is 1. The number of carbonyl (C=O) groups is 1. The van der Waals surface area contributed by atoms with Gasteiger partial charge in [0.25, 0.3) is 5.91 Å². The molecule has 9 heteroatoms. The number of aromatic nitrogens is 3. The average Bonchev–Trinajstić information content (AvgIpc) is 2.98. The molecule has 8 nitrogen and oxygen atoms in total. The first-order valence-electron chi connectivity index (χ1n) is 5.73. The highest BCUT2D eigenvalue weighted by Crippen LogP contribution is 2.18. The Kier molecular flexibility index (Phi) is 3.64. The standard InChI is InChI=1S/C11H15N5O3S/c1-15-6-8(5-9(15)11(12)17)20(18,19)16(2)7-10-13-3-4-14-10/h3-6H,7H2,1-2H3,(H2,12,17)(H,13,14). The maximum absolute atomic E-state index is 12.4. The third-order valence-corrected chi connectivity index (χ3v) is 4.64. The summed E-state index contributed by atoms with van der Waals surface area (Å²) < 4.78 is 27.3. The van der Waals surface area contributed by atoms with E-state index in [0.717, 1.165) is 4.31 Å². The van der Waals surface area contributed by atoms with Crippen LogP contribution in [0.2, 0.25) is 0 Å². The summed E-state index contributed by atoms with van der Waals surface area (Å²) in [4.78, 5) is 18.0. The molecular formula is C11H15N5O3S. The Morgan fingerprint density at radius 1 is 1.55 bits per heavy atom. The Morgan fingerprint density at radius 2 is 2.25 bits per heavy atom. The molecule has 0 aliphatic carbocycles. The van der Waals surface area contributed by atoms with Crippen LogP contribution in [0.15, 0.2) is 29.6 Å². The number of H-pyrrole nitrogens is 1. The zero-order valence-corrected chi connectivity index (χ0v) is 11.9. The summed E-state index contributed by atoms with van der Waals surface area (Å²) in [6.45, 7) is 0.107. The molecule has 0 saturated heterocycles. The van der Waals surface area contributed by atoms with Crippen LogP contribution in [-0.4, -0.2) is 40.2 Å².